The van der Waals surface area contributed by atoms with Crippen molar-refractivity contribution in [2.75, 3.05) is 25.9 Å². The van der Waals surface area contributed by atoms with Gasteiger partial charge in [0.15, 0.2) is 0 Å². The van der Waals surface area contributed by atoms with E-state index in [1.165, 1.54) is 17.4 Å². The van der Waals surface area contributed by atoms with Gasteiger partial charge in [-0.1, -0.05) is 6.07 Å². The third-order valence-electron chi connectivity index (χ3n) is 3.74. The zero-order valence-corrected chi connectivity index (χ0v) is 12.6. The van der Waals surface area contributed by atoms with Crippen LogP contribution in [0.15, 0.2) is 18.2 Å². The molecule has 4 nitrogen and oxygen atoms in total. The molecule has 1 aliphatic heterocycles. The number of rotatable bonds is 3. The number of ether oxygens (including phenoxy) is 1. The molecule has 1 aromatic carbocycles. The average Bonchev–Trinajstić information content (AvgIpc) is 3.07. The van der Waals surface area contributed by atoms with Crippen molar-refractivity contribution in [3.8, 4) is 0 Å². The summed E-state index contributed by atoms with van der Waals surface area (Å²) in [7, 11) is 1.73. The quantitative estimate of drug-likeness (QED) is 0.948. The van der Waals surface area contributed by atoms with Gasteiger partial charge in [0.05, 0.1) is 17.2 Å². The van der Waals surface area contributed by atoms with Crippen LogP contribution in [-0.2, 0) is 4.74 Å². The predicted molar refractivity (Wildman–Crippen MR) is 82.1 cm³/mol. The first kappa shape index (κ1) is 14.3. The first-order valence-corrected chi connectivity index (χ1v) is 7.73. The summed E-state index contributed by atoms with van der Waals surface area (Å²) in [4.78, 5) is 14.5. The van der Waals surface area contributed by atoms with Crippen LogP contribution in [0.25, 0.3) is 10.1 Å². The second-order valence-electron chi connectivity index (χ2n) is 5.28. The zero-order valence-electron chi connectivity index (χ0n) is 11.8. The van der Waals surface area contributed by atoms with Gasteiger partial charge in [0, 0.05) is 24.9 Å². The Morgan fingerprint density at radius 3 is 3.05 bits per heavy atom. The fraction of sp³-hybridized carbons (Fsp3) is 0.400. The molecule has 1 aromatic heterocycles. The van der Waals surface area contributed by atoms with Crippen molar-refractivity contribution in [3.05, 3.63) is 28.9 Å². The molecule has 2 heterocycles. The van der Waals surface area contributed by atoms with Crippen LogP contribution in [-0.4, -0.2) is 37.1 Å². The Hall–Kier alpha value is -1.66. The summed E-state index contributed by atoms with van der Waals surface area (Å²) in [5.74, 6) is -0.564. The van der Waals surface area contributed by atoms with Crippen molar-refractivity contribution >= 4 is 33.0 Å². The molecule has 0 saturated carbocycles. The molecule has 21 heavy (non-hydrogen) atoms. The van der Waals surface area contributed by atoms with Crippen LogP contribution >= 0.6 is 11.3 Å². The molecule has 0 bridgehead atoms. The maximum absolute atomic E-state index is 13.8. The van der Waals surface area contributed by atoms with Crippen molar-refractivity contribution in [1.29, 1.82) is 0 Å². The Morgan fingerprint density at radius 2 is 2.38 bits per heavy atom. The lowest BCUT2D eigenvalue weighted by Gasteiger charge is -2.20. The first-order valence-electron chi connectivity index (χ1n) is 6.91. The molecule has 1 amide bonds. The lowest BCUT2D eigenvalue weighted by atomic mass is 10.2. The van der Waals surface area contributed by atoms with Crippen molar-refractivity contribution in [2.24, 2.45) is 0 Å². The van der Waals surface area contributed by atoms with Crippen LogP contribution in [0, 0.1) is 5.82 Å². The highest BCUT2D eigenvalue weighted by Gasteiger charge is 2.24. The molecule has 2 aromatic rings. The number of anilines is 1. The summed E-state index contributed by atoms with van der Waals surface area (Å²) in [5.41, 5.74) is 6.21. The number of likely N-dealkylation sites (N-methyl/N-ethyl adjacent to an activating group) is 1. The van der Waals surface area contributed by atoms with Crippen molar-refractivity contribution in [1.82, 2.24) is 4.90 Å². The van der Waals surface area contributed by atoms with Gasteiger partial charge in [0.25, 0.3) is 5.91 Å². The number of carbonyl (C=O) groups is 1. The van der Waals surface area contributed by atoms with Crippen molar-refractivity contribution in [3.63, 3.8) is 0 Å². The molecule has 0 aliphatic carbocycles. The maximum Gasteiger partial charge on any atom is 0.265 e. The molecule has 1 fully saturated rings. The van der Waals surface area contributed by atoms with E-state index in [4.69, 9.17) is 10.5 Å². The summed E-state index contributed by atoms with van der Waals surface area (Å²) in [5, 5.41) is 0.344. The molecule has 6 heteroatoms. The van der Waals surface area contributed by atoms with Gasteiger partial charge in [-0.05, 0) is 25.0 Å². The normalized spacial score (nSPS) is 18.3. The molecule has 0 spiro atoms. The number of hydrogen-bond donors (Lipinski definition) is 1. The van der Waals surface area contributed by atoms with Crippen LogP contribution in [0.1, 0.15) is 22.5 Å². The molecule has 0 radical (unpaired) electrons. The highest BCUT2D eigenvalue weighted by Crippen LogP contribution is 2.36. The first-order chi connectivity index (χ1) is 10.1. The minimum atomic E-state index is -0.387. The molecule has 1 atom stereocenters. The monoisotopic (exact) mass is 308 g/mol. The summed E-state index contributed by atoms with van der Waals surface area (Å²) in [6.07, 6.45) is 2.09. The number of nitrogens with zero attached hydrogens (tertiary/aromatic N) is 1. The van der Waals surface area contributed by atoms with E-state index in [1.54, 1.807) is 24.1 Å². The van der Waals surface area contributed by atoms with E-state index in [2.05, 4.69) is 0 Å². The predicted octanol–water partition coefficient (Wildman–Crippen LogP) is 2.87. The molecule has 1 aliphatic rings. The average molecular weight is 308 g/mol. The smallest absolute Gasteiger partial charge is 0.265 e. The van der Waals surface area contributed by atoms with Gasteiger partial charge in [0.1, 0.15) is 10.7 Å². The summed E-state index contributed by atoms with van der Waals surface area (Å²) < 4.78 is 20.1. The Morgan fingerprint density at radius 1 is 1.57 bits per heavy atom. The summed E-state index contributed by atoms with van der Waals surface area (Å²) in [6.45, 7) is 1.29. The fourth-order valence-electron chi connectivity index (χ4n) is 2.64. The number of amides is 1. The van der Waals surface area contributed by atoms with E-state index >= 15 is 0 Å². The van der Waals surface area contributed by atoms with E-state index in [0.717, 1.165) is 19.4 Å². The van der Waals surface area contributed by atoms with Crippen LogP contribution in [0.4, 0.5) is 10.1 Å². The number of hydrogen-bond acceptors (Lipinski definition) is 4. The third kappa shape index (κ3) is 2.61. The highest BCUT2D eigenvalue weighted by atomic mass is 32.1. The van der Waals surface area contributed by atoms with Crippen molar-refractivity contribution in [2.45, 2.75) is 18.9 Å². The number of benzene rings is 1. The van der Waals surface area contributed by atoms with E-state index in [0.29, 0.717) is 21.5 Å². The maximum atomic E-state index is 13.8. The Balaban J connectivity index is 1.87. The standard InChI is InChI=1S/C15H17FN2O2S/c1-18(8-9-4-3-7-20-9)15(19)14-13(17)12-10(16)5-2-6-11(12)21-14/h2,5-6,9H,3-4,7-8,17H2,1H3. The molecule has 2 N–H and O–H groups in total. The minimum absolute atomic E-state index is 0.0892. The molecule has 3 rings (SSSR count). The number of nitrogens with two attached hydrogens (primary N) is 1. The van der Waals surface area contributed by atoms with Crippen LogP contribution in [0.2, 0.25) is 0 Å². The number of carbonyl (C=O) groups excluding carboxylic acids is 1. The minimum Gasteiger partial charge on any atom is -0.397 e. The van der Waals surface area contributed by atoms with Crippen LogP contribution in [0.5, 0.6) is 0 Å². The number of thiophene rings is 1. The van der Waals surface area contributed by atoms with Crippen LogP contribution in [0.3, 0.4) is 0 Å². The van der Waals surface area contributed by atoms with Gasteiger partial charge in [-0.3, -0.25) is 4.79 Å². The van der Waals surface area contributed by atoms with Crippen molar-refractivity contribution < 1.29 is 13.9 Å². The molecular weight excluding hydrogens is 291 g/mol. The lowest BCUT2D eigenvalue weighted by molar-refractivity contribution is 0.0591. The number of nitrogen functional groups attached to an aromatic ring is 1. The lowest BCUT2D eigenvalue weighted by Crippen LogP contribution is -2.33. The van der Waals surface area contributed by atoms with Gasteiger partial charge in [0.2, 0.25) is 0 Å². The van der Waals surface area contributed by atoms with Gasteiger partial charge < -0.3 is 15.4 Å². The Kier molecular flexibility index (Phi) is 3.82. The summed E-state index contributed by atoms with van der Waals surface area (Å²) >= 11 is 1.24. The van der Waals surface area contributed by atoms with Gasteiger partial charge in [-0.2, -0.15) is 0 Å². The third-order valence-corrected chi connectivity index (χ3v) is 4.90. The highest BCUT2D eigenvalue weighted by molar-refractivity contribution is 7.21. The zero-order chi connectivity index (χ0) is 15.0. The fourth-order valence-corrected chi connectivity index (χ4v) is 3.77. The van der Waals surface area contributed by atoms with Gasteiger partial charge in [-0.15, -0.1) is 11.3 Å². The second kappa shape index (κ2) is 5.61. The van der Waals surface area contributed by atoms with Crippen LogP contribution < -0.4 is 5.73 Å². The largest absolute Gasteiger partial charge is 0.397 e. The van der Waals surface area contributed by atoms with E-state index in [9.17, 15) is 9.18 Å². The SMILES string of the molecule is CN(CC1CCCO1)C(=O)c1sc2cccc(F)c2c1N. The topological polar surface area (TPSA) is 55.6 Å². The Labute approximate surface area is 126 Å². The van der Waals surface area contributed by atoms with E-state index in [1.807, 2.05) is 0 Å². The molecule has 1 unspecified atom stereocenters. The number of halogens is 1. The van der Waals surface area contributed by atoms with E-state index < -0.39 is 0 Å². The summed E-state index contributed by atoms with van der Waals surface area (Å²) in [6, 6.07) is 4.75. The molecule has 1 saturated heterocycles. The Bertz CT molecular complexity index is 680. The van der Waals surface area contributed by atoms with Gasteiger partial charge >= 0.3 is 0 Å². The second-order valence-corrected chi connectivity index (χ2v) is 6.33. The van der Waals surface area contributed by atoms with E-state index in [-0.39, 0.29) is 23.5 Å². The van der Waals surface area contributed by atoms with Gasteiger partial charge in [-0.25, -0.2) is 4.39 Å². The molecule has 112 valence electrons. The number of fused-ring (bicyclic) bond motifs is 1. The molecular formula is C15H17FN2O2S.